The zero-order valence-corrected chi connectivity index (χ0v) is 16.8. The Kier molecular flexibility index (Phi) is 7.20. The summed E-state index contributed by atoms with van der Waals surface area (Å²) in [4.78, 5) is 32.3. The van der Waals surface area contributed by atoms with Gasteiger partial charge in [0.05, 0.1) is 17.9 Å². The van der Waals surface area contributed by atoms with Crippen LogP contribution in [-0.2, 0) is 9.53 Å². The van der Waals surface area contributed by atoms with Crippen molar-refractivity contribution in [2.75, 3.05) is 29.7 Å². The van der Waals surface area contributed by atoms with Gasteiger partial charge in [-0.1, -0.05) is 30.3 Å². The van der Waals surface area contributed by atoms with Crippen molar-refractivity contribution in [2.24, 2.45) is 0 Å². The van der Waals surface area contributed by atoms with Gasteiger partial charge in [-0.25, -0.2) is 14.8 Å². The molecule has 10 heteroatoms. The first kappa shape index (κ1) is 21.4. The fourth-order valence-electron chi connectivity index (χ4n) is 2.53. The molecule has 0 unspecified atom stereocenters. The Bertz CT molecular complexity index is 1050. The highest BCUT2D eigenvalue weighted by molar-refractivity contribution is 5.97. The minimum Gasteiger partial charge on any atom is -0.484 e. The minimum absolute atomic E-state index is 0.144. The van der Waals surface area contributed by atoms with Gasteiger partial charge in [-0.2, -0.15) is 0 Å². The summed E-state index contributed by atoms with van der Waals surface area (Å²) >= 11 is 0. The molecule has 0 saturated heterocycles. The number of anilines is 4. The molecular formula is C21H22N6O4. The van der Waals surface area contributed by atoms with Gasteiger partial charge >= 0.3 is 5.97 Å². The zero-order chi connectivity index (χ0) is 22.1. The fourth-order valence-corrected chi connectivity index (χ4v) is 2.53. The Balaban J connectivity index is 1.64. The molecule has 1 heterocycles. The molecule has 0 aliphatic carbocycles. The van der Waals surface area contributed by atoms with E-state index in [2.05, 4.69) is 26.1 Å². The number of hydrogen-bond acceptors (Lipinski definition) is 9. The topological polar surface area (TPSA) is 140 Å². The van der Waals surface area contributed by atoms with Crippen molar-refractivity contribution >= 4 is 34.9 Å². The summed E-state index contributed by atoms with van der Waals surface area (Å²) in [5.41, 5.74) is 12.2. The van der Waals surface area contributed by atoms with Crippen molar-refractivity contribution in [3.8, 4) is 5.75 Å². The Morgan fingerprint density at radius 1 is 1.00 bits per heavy atom. The van der Waals surface area contributed by atoms with Gasteiger partial charge in [0.15, 0.2) is 18.2 Å². The van der Waals surface area contributed by atoms with Gasteiger partial charge in [-0.05, 0) is 31.2 Å². The quantitative estimate of drug-likeness (QED) is 0.302. The molecule has 5 N–H and O–H groups in total. The van der Waals surface area contributed by atoms with Crippen molar-refractivity contribution in [1.82, 2.24) is 15.4 Å². The Labute approximate surface area is 178 Å². The largest absolute Gasteiger partial charge is 0.484 e. The summed E-state index contributed by atoms with van der Waals surface area (Å²) in [6.07, 6.45) is 1.26. The molecule has 0 atom stereocenters. The van der Waals surface area contributed by atoms with Crippen LogP contribution in [-0.4, -0.2) is 35.1 Å². The van der Waals surface area contributed by atoms with E-state index in [0.29, 0.717) is 17.0 Å². The maximum atomic E-state index is 12.2. The molecule has 0 aliphatic heterocycles. The number of rotatable bonds is 9. The third-order valence-electron chi connectivity index (χ3n) is 3.99. The van der Waals surface area contributed by atoms with Crippen molar-refractivity contribution in [3.63, 3.8) is 0 Å². The van der Waals surface area contributed by atoms with Gasteiger partial charge in [0, 0.05) is 0 Å². The Morgan fingerprint density at radius 2 is 1.71 bits per heavy atom. The lowest BCUT2D eigenvalue weighted by Crippen LogP contribution is -2.34. The number of amides is 1. The van der Waals surface area contributed by atoms with Crippen LogP contribution in [0.5, 0.6) is 5.75 Å². The number of aromatic nitrogens is 2. The predicted molar refractivity (Wildman–Crippen MR) is 116 cm³/mol. The van der Waals surface area contributed by atoms with Crippen LogP contribution >= 0.6 is 0 Å². The summed E-state index contributed by atoms with van der Waals surface area (Å²) in [7, 11) is 0. The van der Waals surface area contributed by atoms with Crippen molar-refractivity contribution < 1.29 is 19.1 Å². The molecule has 3 aromatic rings. The highest BCUT2D eigenvalue weighted by Crippen LogP contribution is 2.27. The first-order valence-corrected chi connectivity index (χ1v) is 9.44. The third-order valence-corrected chi connectivity index (χ3v) is 3.99. The van der Waals surface area contributed by atoms with Crippen LogP contribution in [0, 0.1) is 0 Å². The lowest BCUT2D eigenvalue weighted by atomic mass is 10.2. The first-order chi connectivity index (χ1) is 15.1. The van der Waals surface area contributed by atoms with E-state index in [1.165, 1.54) is 6.33 Å². The van der Waals surface area contributed by atoms with Crippen LogP contribution in [0.15, 0.2) is 60.9 Å². The van der Waals surface area contributed by atoms with Crippen molar-refractivity contribution in [1.29, 1.82) is 0 Å². The number of para-hydroxylation sites is 2. The van der Waals surface area contributed by atoms with E-state index < -0.39 is 11.9 Å². The van der Waals surface area contributed by atoms with Crippen LogP contribution in [0.25, 0.3) is 0 Å². The maximum Gasteiger partial charge on any atom is 0.340 e. The number of carbonyl (C=O) groups is 2. The summed E-state index contributed by atoms with van der Waals surface area (Å²) in [6, 6.07) is 15.8. The highest BCUT2D eigenvalue weighted by atomic mass is 16.5. The smallest absolute Gasteiger partial charge is 0.340 e. The molecule has 0 radical (unpaired) electrons. The maximum absolute atomic E-state index is 12.2. The van der Waals surface area contributed by atoms with Crippen LogP contribution in [0.3, 0.4) is 0 Å². The number of hydrazine groups is 1. The number of carbonyl (C=O) groups excluding carboxylic acids is 2. The van der Waals surface area contributed by atoms with Gasteiger partial charge in [0.25, 0.3) is 5.91 Å². The van der Waals surface area contributed by atoms with Crippen LogP contribution < -0.4 is 26.6 Å². The molecule has 0 aliphatic rings. The monoisotopic (exact) mass is 422 g/mol. The fraction of sp³-hybridized carbons (Fsp3) is 0.143. The summed E-state index contributed by atoms with van der Waals surface area (Å²) < 4.78 is 10.4. The number of nitrogens with one attached hydrogen (secondary N) is 3. The second-order valence-electron chi connectivity index (χ2n) is 6.15. The molecule has 0 spiro atoms. The molecule has 0 saturated carbocycles. The lowest BCUT2D eigenvalue weighted by Gasteiger charge is -2.15. The van der Waals surface area contributed by atoms with Crippen LogP contribution in [0.2, 0.25) is 0 Å². The molecule has 3 rings (SSSR count). The van der Waals surface area contributed by atoms with E-state index in [0.717, 1.165) is 0 Å². The number of benzene rings is 2. The standard InChI is InChI=1S/C21H22N6O4/c1-2-30-21(29)15-10-6-7-11-16(15)25-19-18(22)20(24-13-23-19)27-26-17(28)12-31-14-8-4-3-5-9-14/h3-11,13H,2,12,22H2,1H3,(H,26,28)(H2,23,24,25,27). The number of nitrogens with zero attached hydrogens (tertiary/aromatic N) is 2. The Morgan fingerprint density at radius 3 is 2.48 bits per heavy atom. The molecule has 1 amide bonds. The average molecular weight is 422 g/mol. The van der Waals surface area contributed by atoms with Crippen molar-refractivity contribution in [2.45, 2.75) is 6.92 Å². The van der Waals surface area contributed by atoms with Gasteiger partial charge in [0.2, 0.25) is 0 Å². The first-order valence-electron chi connectivity index (χ1n) is 9.44. The molecule has 1 aromatic heterocycles. The summed E-state index contributed by atoms with van der Waals surface area (Å²) in [6.45, 7) is 1.79. The van der Waals surface area contributed by atoms with E-state index in [-0.39, 0.29) is 30.5 Å². The molecule has 0 bridgehead atoms. The number of esters is 1. The third kappa shape index (κ3) is 5.82. The van der Waals surface area contributed by atoms with E-state index >= 15 is 0 Å². The zero-order valence-electron chi connectivity index (χ0n) is 16.8. The SMILES string of the molecule is CCOC(=O)c1ccccc1Nc1ncnc(NNC(=O)COc2ccccc2)c1N. The van der Waals surface area contributed by atoms with Gasteiger partial charge in [0.1, 0.15) is 17.8 Å². The highest BCUT2D eigenvalue weighted by Gasteiger charge is 2.15. The molecule has 10 nitrogen and oxygen atoms in total. The van der Waals surface area contributed by atoms with E-state index in [1.54, 1.807) is 43.3 Å². The number of ether oxygens (including phenoxy) is 2. The van der Waals surface area contributed by atoms with Gasteiger partial charge in [-0.3, -0.25) is 15.6 Å². The molecule has 31 heavy (non-hydrogen) atoms. The lowest BCUT2D eigenvalue weighted by molar-refractivity contribution is -0.122. The number of nitrogens with two attached hydrogens (primary N) is 1. The average Bonchev–Trinajstić information content (AvgIpc) is 2.79. The van der Waals surface area contributed by atoms with E-state index in [1.807, 2.05) is 18.2 Å². The van der Waals surface area contributed by atoms with E-state index in [4.69, 9.17) is 15.2 Å². The van der Waals surface area contributed by atoms with Crippen LogP contribution in [0.1, 0.15) is 17.3 Å². The van der Waals surface area contributed by atoms with Gasteiger partial charge < -0.3 is 20.5 Å². The molecular weight excluding hydrogens is 400 g/mol. The number of hydrogen-bond donors (Lipinski definition) is 4. The second-order valence-corrected chi connectivity index (χ2v) is 6.15. The van der Waals surface area contributed by atoms with E-state index in [9.17, 15) is 9.59 Å². The Hall–Kier alpha value is -4.34. The predicted octanol–water partition coefficient (Wildman–Crippen LogP) is 2.50. The summed E-state index contributed by atoms with van der Waals surface area (Å²) in [5.74, 6) is 0.112. The van der Waals surface area contributed by atoms with Crippen LogP contribution in [0.4, 0.5) is 23.0 Å². The molecule has 160 valence electrons. The summed E-state index contributed by atoms with van der Waals surface area (Å²) in [5, 5.41) is 3.00. The minimum atomic E-state index is -0.470. The number of nitrogen functional groups attached to an aromatic ring is 1. The molecule has 0 fully saturated rings. The normalized spacial score (nSPS) is 10.1. The van der Waals surface area contributed by atoms with Crippen molar-refractivity contribution in [3.05, 3.63) is 66.5 Å². The van der Waals surface area contributed by atoms with Gasteiger partial charge in [-0.15, -0.1) is 0 Å². The second kappa shape index (κ2) is 10.4. The molecule has 2 aromatic carbocycles.